The monoisotopic (exact) mass is 438 g/mol. The van der Waals surface area contributed by atoms with E-state index in [4.69, 9.17) is 14.2 Å². The summed E-state index contributed by atoms with van der Waals surface area (Å²) in [4.78, 5) is 24.7. The van der Waals surface area contributed by atoms with Crippen LogP contribution in [0.5, 0.6) is 0 Å². The van der Waals surface area contributed by atoms with E-state index < -0.39 is 11.5 Å². The highest BCUT2D eigenvalue weighted by Gasteiger charge is 2.51. The molecular weight excluding hydrogens is 396 g/mol. The van der Waals surface area contributed by atoms with Crippen LogP contribution in [0.25, 0.3) is 0 Å². The Morgan fingerprint density at radius 3 is 2.61 bits per heavy atom. The minimum atomic E-state index is -0.605. The molecule has 3 aliphatic rings. The molecule has 0 amide bonds. The van der Waals surface area contributed by atoms with Crippen molar-refractivity contribution >= 4 is 11.9 Å². The molecule has 2 heterocycles. The molecule has 2 aliphatic heterocycles. The van der Waals surface area contributed by atoms with Crippen LogP contribution in [0.3, 0.4) is 0 Å². The predicted molar refractivity (Wildman–Crippen MR) is 117 cm³/mol. The van der Waals surface area contributed by atoms with Crippen LogP contribution in [0, 0.1) is 23.2 Å². The third kappa shape index (κ3) is 5.81. The fraction of sp³-hybridized carbons (Fsp3) is 0.920. The normalized spacial score (nSPS) is 38.2. The van der Waals surface area contributed by atoms with E-state index >= 15 is 0 Å². The van der Waals surface area contributed by atoms with Crippen molar-refractivity contribution in [2.45, 2.75) is 123 Å². The number of ether oxygens (including phenoxy) is 3. The topological polar surface area (TPSA) is 82.1 Å². The summed E-state index contributed by atoms with van der Waals surface area (Å²) in [5.41, 5.74) is -0.823. The van der Waals surface area contributed by atoms with Gasteiger partial charge in [0.25, 0.3) is 0 Å². The number of carbonyl (C=O) groups excluding carboxylic acids is 2. The number of esters is 2. The van der Waals surface area contributed by atoms with E-state index in [2.05, 4.69) is 20.8 Å². The summed E-state index contributed by atoms with van der Waals surface area (Å²) in [6.07, 6.45) is 4.77. The van der Waals surface area contributed by atoms with Crippen LogP contribution >= 0.6 is 0 Å². The van der Waals surface area contributed by atoms with Crippen LogP contribution < -0.4 is 0 Å². The van der Waals surface area contributed by atoms with Crippen molar-refractivity contribution in [2.75, 3.05) is 0 Å². The lowest BCUT2D eigenvalue weighted by molar-refractivity contribution is -0.224. The highest BCUT2D eigenvalue weighted by atomic mass is 16.6. The number of carbonyl (C=O) groups is 2. The lowest BCUT2D eigenvalue weighted by Crippen LogP contribution is -2.56. The molecule has 1 aliphatic carbocycles. The largest absolute Gasteiger partial charge is 0.462 e. The Hall–Kier alpha value is -1.14. The maximum Gasteiger partial charge on any atom is 0.311 e. The molecule has 0 unspecified atom stereocenters. The Morgan fingerprint density at radius 1 is 1.26 bits per heavy atom. The maximum absolute atomic E-state index is 13.0. The summed E-state index contributed by atoms with van der Waals surface area (Å²) in [6.45, 7) is 12.4. The summed E-state index contributed by atoms with van der Waals surface area (Å²) in [5.74, 6) is 0.524. The van der Waals surface area contributed by atoms with Gasteiger partial charge in [0.15, 0.2) is 0 Å². The average molecular weight is 439 g/mol. The van der Waals surface area contributed by atoms with Crippen molar-refractivity contribution < 1.29 is 28.9 Å². The molecule has 6 nitrogen and oxygen atoms in total. The molecule has 0 spiro atoms. The number of aliphatic hydroxyl groups is 1. The number of hydrogen-bond acceptors (Lipinski definition) is 6. The second-order valence-electron chi connectivity index (χ2n) is 11.4. The van der Waals surface area contributed by atoms with Gasteiger partial charge >= 0.3 is 11.9 Å². The summed E-state index contributed by atoms with van der Waals surface area (Å²) in [5, 5.41) is 9.95. The molecule has 0 aromatic rings. The lowest BCUT2D eigenvalue weighted by atomic mass is 9.64. The standard InChI is InChI=1S/C25H42O6/c1-7-24(3,4)23(28)30-20-14-25(5,6)31-19-11-8-15(2)18(22(19)20)10-9-17-12-16(26)13-21(27)29-17/h15-20,22,26H,7-14H2,1-6H3/t15-,16+,17+,18-,19+,20-,22+/m0/s1. The molecule has 3 rings (SSSR count). The number of rotatable bonds is 6. The van der Waals surface area contributed by atoms with Gasteiger partial charge < -0.3 is 19.3 Å². The van der Waals surface area contributed by atoms with Gasteiger partial charge in [-0.2, -0.15) is 0 Å². The highest BCUT2D eigenvalue weighted by Crippen LogP contribution is 2.48. The van der Waals surface area contributed by atoms with E-state index in [1.807, 2.05) is 20.8 Å². The van der Waals surface area contributed by atoms with Crippen LogP contribution in [0.2, 0.25) is 0 Å². The minimum Gasteiger partial charge on any atom is -0.462 e. The SMILES string of the molecule is CCC(C)(C)C(=O)O[C@H]1CC(C)(C)O[C@@H]2CC[C@H](C)[C@H](CC[C@@H]3C[C@@H](O)CC(=O)O3)[C@@H]12. The molecule has 1 saturated carbocycles. The molecule has 0 bridgehead atoms. The van der Waals surface area contributed by atoms with Crippen molar-refractivity contribution in [3.05, 3.63) is 0 Å². The quantitative estimate of drug-likeness (QED) is 0.619. The number of cyclic esters (lactones) is 1. The fourth-order valence-corrected chi connectivity index (χ4v) is 5.67. The summed E-state index contributed by atoms with van der Waals surface area (Å²) in [7, 11) is 0. The summed E-state index contributed by atoms with van der Waals surface area (Å²) >= 11 is 0. The Morgan fingerprint density at radius 2 is 1.97 bits per heavy atom. The Bertz CT molecular complexity index is 656. The van der Waals surface area contributed by atoms with Crippen LogP contribution in [-0.2, 0) is 23.8 Å². The molecule has 0 radical (unpaired) electrons. The number of aliphatic hydroxyl groups excluding tert-OH is 1. The first-order valence-electron chi connectivity index (χ1n) is 12.2. The second kappa shape index (κ2) is 9.38. The van der Waals surface area contributed by atoms with Gasteiger partial charge in [0.2, 0.25) is 0 Å². The zero-order valence-corrected chi connectivity index (χ0v) is 20.2. The molecule has 31 heavy (non-hydrogen) atoms. The zero-order valence-electron chi connectivity index (χ0n) is 20.2. The number of hydrogen-bond donors (Lipinski definition) is 1. The number of fused-ring (bicyclic) bond motifs is 1. The highest BCUT2D eigenvalue weighted by molar-refractivity contribution is 5.76. The van der Waals surface area contributed by atoms with Crippen molar-refractivity contribution in [1.82, 2.24) is 0 Å². The van der Waals surface area contributed by atoms with Crippen molar-refractivity contribution in [2.24, 2.45) is 23.2 Å². The van der Waals surface area contributed by atoms with Gasteiger partial charge in [0, 0.05) is 18.8 Å². The molecule has 1 N–H and O–H groups in total. The second-order valence-corrected chi connectivity index (χ2v) is 11.4. The van der Waals surface area contributed by atoms with Crippen LogP contribution in [0.15, 0.2) is 0 Å². The zero-order chi connectivity index (χ0) is 23.0. The Kier molecular flexibility index (Phi) is 7.42. The summed E-state index contributed by atoms with van der Waals surface area (Å²) < 4.78 is 18.2. The minimum absolute atomic E-state index is 0.0759. The molecule has 0 aromatic heterocycles. The Labute approximate surface area is 187 Å². The van der Waals surface area contributed by atoms with Crippen LogP contribution in [0.4, 0.5) is 0 Å². The third-order valence-electron chi connectivity index (χ3n) is 7.91. The van der Waals surface area contributed by atoms with Gasteiger partial charge in [0.1, 0.15) is 12.2 Å². The van der Waals surface area contributed by atoms with E-state index in [1.165, 1.54) is 0 Å². The van der Waals surface area contributed by atoms with Gasteiger partial charge in [-0.1, -0.05) is 13.8 Å². The Balaban J connectivity index is 1.76. The molecule has 2 saturated heterocycles. The lowest BCUT2D eigenvalue weighted by Gasteiger charge is -2.52. The molecule has 0 aromatic carbocycles. The van der Waals surface area contributed by atoms with E-state index in [0.29, 0.717) is 24.7 Å². The first kappa shape index (κ1) is 24.5. The molecule has 6 heteroatoms. The van der Waals surface area contributed by atoms with Gasteiger partial charge in [0.05, 0.1) is 29.6 Å². The van der Waals surface area contributed by atoms with Gasteiger partial charge in [-0.3, -0.25) is 9.59 Å². The molecule has 7 atom stereocenters. The van der Waals surface area contributed by atoms with E-state index in [1.54, 1.807) is 0 Å². The first-order chi connectivity index (χ1) is 14.4. The molecular formula is C25H42O6. The maximum atomic E-state index is 13.0. The smallest absolute Gasteiger partial charge is 0.311 e. The van der Waals surface area contributed by atoms with Gasteiger partial charge in [-0.15, -0.1) is 0 Å². The molecule has 178 valence electrons. The molecule has 3 fully saturated rings. The van der Waals surface area contributed by atoms with Crippen molar-refractivity contribution in [3.8, 4) is 0 Å². The van der Waals surface area contributed by atoms with Gasteiger partial charge in [-0.05, 0) is 71.6 Å². The van der Waals surface area contributed by atoms with Crippen LogP contribution in [0.1, 0.15) is 92.9 Å². The van der Waals surface area contributed by atoms with Crippen LogP contribution in [-0.4, -0.2) is 47.1 Å². The first-order valence-corrected chi connectivity index (χ1v) is 12.2. The average Bonchev–Trinajstić information content (AvgIpc) is 2.66. The van der Waals surface area contributed by atoms with E-state index in [9.17, 15) is 14.7 Å². The van der Waals surface area contributed by atoms with E-state index in [-0.39, 0.29) is 48.2 Å². The van der Waals surface area contributed by atoms with E-state index in [0.717, 1.165) is 32.1 Å². The fourth-order valence-electron chi connectivity index (χ4n) is 5.67. The van der Waals surface area contributed by atoms with Crippen molar-refractivity contribution in [3.63, 3.8) is 0 Å². The van der Waals surface area contributed by atoms with Crippen molar-refractivity contribution in [1.29, 1.82) is 0 Å². The van der Waals surface area contributed by atoms with Gasteiger partial charge in [-0.25, -0.2) is 0 Å². The predicted octanol–water partition coefficient (Wildman–Crippen LogP) is 4.41. The summed E-state index contributed by atoms with van der Waals surface area (Å²) in [6, 6.07) is 0. The third-order valence-corrected chi connectivity index (χ3v) is 7.91.